The van der Waals surface area contributed by atoms with E-state index in [4.69, 9.17) is 11.6 Å². The Balaban J connectivity index is 1.64. The molecule has 0 radical (unpaired) electrons. The summed E-state index contributed by atoms with van der Waals surface area (Å²) in [5, 5.41) is 8.83. The Bertz CT molecular complexity index is 802. The molecular weight excluding hydrogens is 360 g/mol. The molecular formula is C17H21ClN4O2S. The third-order valence-corrected chi connectivity index (χ3v) is 6.27. The highest BCUT2D eigenvalue weighted by molar-refractivity contribution is 7.91. The lowest BCUT2D eigenvalue weighted by Crippen LogP contribution is -2.46. The number of sulfone groups is 1. The maximum absolute atomic E-state index is 12.0. The molecule has 0 bridgehead atoms. The molecule has 1 saturated heterocycles. The number of halogens is 1. The van der Waals surface area contributed by atoms with Gasteiger partial charge in [0.1, 0.15) is 0 Å². The molecule has 0 N–H and O–H groups in total. The van der Waals surface area contributed by atoms with Gasteiger partial charge in [-0.3, -0.25) is 0 Å². The van der Waals surface area contributed by atoms with Crippen molar-refractivity contribution in [3.8, 4) is 0 Å². The van der Waals surface area contributed by atoms with E-state index in [1.165, 1.54) is 0 Å². The van der Waals surface area contributed by atoms with Gasteiger partial charge >= 0.3 is 0 Å². The number of piperazine rings is 1. The predicted molar refractivity (Wildman–Crippen MR) is 100 cm³/mol. The van der Waals surface area contributed by atoms with Crippen LogP contribution in [0.1, 0.15) is 13.3 Å². The number of aromatic nitrogens is 2. The van der Waals surface area contributed by atoms with Gasteiger partial charge in [0.25, 0.3) is 0 Å². The van der Waals surface area contributed by atoms with Crippen LogP contribution in [0.3, 0.4) is 0 Å². The van der Waals surface area contributed by atoms with E-state index in [1.807, 2.05) is 31.2 Å². The molecule has 8 heteroatoms. The zero-order valence-corrected chi connectivity index (χ0v) is 15.7. The highest BCUT2D eigenvalue weighted by Gasteiger charge is 2.20. The summed E-state index contributed by atoms with van der Waals surface area (Å²) in [5.41, 5.74) is 1.15. The average Bonchev–Trinajstić information content (AvgIpc) is 2.63. The van der Waals surface area contributed by atoms with E-state index in [0.29, 0.717) is 12.2 Å². The van der Waals surface area contributed by atoms with Crippen molar-refractivity contribution in [2.75, 3.05) is 41.7 Å². The first-order valence-corrected chi connectivity index (χ1v) is 10.3. The Morgan fingerprint density at radius 1 is 0.960 bits per heavy atom. The molecule has 1 aromatic carbocycles. The van der Waals surface area contributed by atoms with Crippen molar-refractivity contribution < 1.29 is 8.42 Å². The van der Waals surface area contributed by atoms with Crippen LogP contribution in [0.4, 0.5) is 11.5 Å². The van der Waals surface area contributed by atoms with Gasteiger partial charge in [0.05, 0.1) is 5.75 Å². The minimum absolute atomic E-state index is 0.0536. The summed E-state index contributed by atoms with van der Waals surface area (Å²) in [6.07, 6.45) is 0.568. The lowest BCUT2D eigenvalue weighted by molar-refractivity contribution is 0.587. The maximum Gasteiger partial charge on any atom is 0.197 e. The molecule has 2 aromatic rings. The van der Waals surface area contributed by atoms with Gasteiger partial charge in [0, 0.05) is 36.9 Å². The van der Waals surface area contributed by atoms with Gasteiger partial charge in [-0.1, -0.05) is 18.5 Å². The van der Waals surface area contributed by atoms with Gasteiger partial charge in [-0.05, 0) is 42.8 Å². The molecule has 0 unspecified atom stereocenters. The first-order chi connectivity index (χ1) is 12.0. The van der Waals surface area contributed by atoms with Crippen molar-refractivity contribution in [2.45, 2.75) is 18.4 Å². The molecule has 1 aliphatic heterocycles. The van der Waals surface area contributed by atoms with Gasteiger partial charge in [0.2, 0.25) is 0 Å². The van der Waals surface area contributed by atoms with Gasteiger partial charge in [0.15, 0.2) is 20.7 Å². The second-order valence-corrected chi connectivity index (χ2v) is 8.49. The van der Waals surface area contributed by atoms with Crippen molar-refractivity contribution in [3.05, 3.63) is 41.4 Å². The molecule has 0 amide bonds. The van der Waals surface area contributed by atoms with Gasteiger partial charge < -0.3 is 9.80 Å². The van der Waals surface area contributed by atoms with Crippen LogP contribution in [-0.4, -0.2) is 50.5 Å². The molecule has 2 heterocycles. The average molecular weight is 381 g/mol. The number of benzene rings is 1. The van der Waals surface area contributed by atoms with Crippen LogP contribution in [-0.2, 0) is 9.84 Å². The predicted octanol–water partition coefficient (Wildman–Crippen LogP) is 2.64. The van der Waals surface area contributed by atoms with E-state index in [-0.39, 0.29) is 10.8 Å². The fourth-order valence-electron chi connectivity index (χ4n) is 2.87. The topological polar surface area (TPSA) is 66.4 Å². The molecule has 1 aromatic heterocycles. The number of hydrogen-bond acceptors (Lipinski definition) is 6. The second kappa shape index (κ2) is 7.58. The molecule has 0 spiro atoms. The van der Waals surface area contributed by atoms with Crippen LogP contribution in [0, 0.1) is 0 Å². The van der Waals surface area contributed by atoms with E-state index in [0.717, 1.165) is 36.9 Å². The number of rotatable bonds is 5. The molecule has 25 heavy (non-hydrogen) atoms. The summed E-state index contributed by atoms with van der Waals surface area (Å²) in [6, 6.07) is 11.1. The van der Waals surface area contributed by atoms with Crippen molar-refractivity contribution in [3.63, 3.8) is 0 Å². The number of anilines is 2. The first kappa shape index (κ1) is 17.9. The number of hydrogen-bond donors (Lipinski definition) is 0. The summed E-state index contributed by atoms with van der Waals surface area (Å²) in [7, 11) is -3.32. The molecule has 0 aliphatic carbocycles. The van der Waals surface area contributed by atoms with Crippen LogP contribution >= 0.6 is 11.6 Å². The Hall–Kier alpha value is -1.86. The van der Waals surface area contributed by atoms with Crippen LogP contribution in [0.25, 0.3) is 0 Å². The van der Waals surface area contributed by atoms with Crippen molar-refractivity contribution in [2.24, 2.45) is 0 Å². The number of nitrogens with zero attached hydrogens (tertiary/aromatic N) is 4. The summed E-state index contributed by atoms with van der Waals surface area (Å²) < 4.78 is 24.0. The fraction of sp³-hybridized carbons (Fsp3) is 0.412. The lowest BCUT2D eigenvalue weighted by Gasteiger charge is -2.36. The van der Waals surface area contributed by atoms with Gasteiger partial charge in [-0.15, -0.1) is 10.2 Å². The Morgan fingerprint density at radius 3 is 2.16 bits per heavy atom. The third kappa shape index (κ3) is 4.22. The van der Waals surface area contributed by atoms with Crippen molar-refractivity contribution in [1.29, 1.82) is 0 Å². The monoisotopic (exact) mass is 380 g/mol. The summed E-state index contributed by atoms with van der Waals surface area (Å²) in [5.74, 6) is 0.812. The second-order valence-electron chi connectivity index (χ2n) is 6.00. The zero-order valence-electron chi connectivity index (χ0n) is 14.1. The molecule has 134 valence electrons. The standard InChI is InChI=1S/C17H21ClN4O2S/c1-2-13-25(23,24)17-8-7-16(19-20-17)22-11-9-21(10-12-22)15-5-3-14(18)4-6-15/h3-8H,2,9-13H2,1H3. The quantitative estimate of drug-likeness (QED) is 0.794. The van der Waals surface area contributed by atoms with Crippen LogP contribution in [0.5, 0.6) is 0 Å². The largest absolute Gasteiger partial charge is 0.368 e. The minimum Gasteiger partial charge on any atom is -0.368 e. The zero-order chi connectivity index (χ0) is 17.9. The van der Waals surface area contributed by atoms with E-state index in [2.05, 4.69) is 20.0 Å². The van der Waals surface area contributed by atoms with E-state index >= 15 is 0 Å². The summed E-state index contributed by atoms with van der Waals surface area (Å²) in [4.78, 5) is 4.41. The minimum atomic E-state index is -3.32. The van der Waals surface area contributed by atoms with Crippen LogP contribution in [0.15, 0.2) is 41.4 Å². The summed E-state index contributed by atoms with van der Waals surface area (Å²) >= 11 is 5.93. The van der Waals surface area contributed by atoms with E-state index in [9.17, 15) is 8.42 Å². The van der Waals surface area contributed by atoms with Crippen LogP contribution < -0.4 is 9.80 Å². The Kier molecular flexibility index (Phi) is 5.44. The first-order valence-electron chi connectivity index (χ1n) is 8.31. The molecule has 3 rings (SSSR count). The van der Waals surface area contributed by atoms with E-state index in [1.54, 1.807) is 12.1 Å². The Morgan fingerprint density at radius 2 is 1.60 bits per heavy atom. The maximum atomic E-state index is 12.0. The highest BCUT2D eigenvalue weighted by atomic mass is 35.5. The van der Waals surface area contributed by atoms with Gasteiger partial charge in [-0.2, -0.15) is 0 Å². The van der Waals surface area contributed by atoms with Crippen molar-refractivity contribution in [1.82, 2.24) is 10.2 Å². The SMILES string of the molecule is CCCS(=O)(=O)c1ccc(N2CCN(c3ccc(Cl)cc3)CC2)nn1. The fourth-order valence-corrected chi connectivity index (χ4v) is 4.18. The molecule has 1 aliphatic rings. The smallest absolute Gasteiger partial charge is 0.197 e. The Labute approximate surface area is 153 Å². The molecule has 0 saturated carbocycles. The summed E-state index contributed by atoms with van der Waals surface area (Å²) in [6.45, 7) is 5.16. The molecule has 0 atom stereocenters. The van der Waals surface area contributed by atoms with Crippen LogP contribution in [0.2, 0.25) is 5.02 Å². The molecule has 6 nitrogen and oxygen atoms in total. The highest BCUT2D eigenvalue weighted by Crippen LogP contribution is 2.21. The molecule has 1 fully saturated rings. The van der Waals surface area contributed by atoms with Gasteiger partial charge in [-0.25, -0.2) is 8.42 Å². The lowest BCUT2D eigenvalue weighted by atomic mass is 10.2. The van der Waals surface area contributed by atoms with E-state index < -0.39 is 9.84 Å². The van der Waals surface area contributed by atoms with Crippen molar-refractivity contribution >= 4 is 32.9 Å². The normalized spacial score (nSPS) is 15.4. The third-order valence-electron chi connectivity index (χ3n) is 4.21.